The molecule has 0 radical (unpaired) electrons. The highest BCUT2D eigenvalue weighted by Gasteiger charge is 2.10. The van der Waals surface area contributed by atoms with Gasteiger partial charge in [0.25, 0.3) is 0 Å². The van der Waals surface area contributed by atoms with Crippen LogP contribution in [0, 0.1) is 0 Å². The second-order valence-electron chi connectivity index (χ2n) is 1.52. The standard InChI is InChI=1S/C4H6N2O3/c7-4(8)1-3-6-5-2-9-3/h5H,1-2H2,(H,7,8). The first kappa shape index (κ1) is 5.87. The van der Waals surface area contributed by atoms with Gasteiger partial charge in [0.2, 0.25) is 5.90 Å². The molecule has 0 aromatic carbocycles. The van der Waals surface area contributed by atoms with Gasteiger partial charge in [-0.2, -0.15) is 0 Å². The number of rotatable bonds is 2. The van der Waals surface area contributed by atoms with E-state index < -0.39 is 5.97 Å². The quantitative estimate of drug-likeness (QED) is 0.521. The van der Waals surface area contributed by atoms with Gasteiger partial charge in [0.15, 0.2) is 6.73 Å². The molecular formula is C4H6N2O3. The van der Waals surface area contributed by atoms with E-state index in [0.29, 0.717) is 0 Å². The number of carboxylic acid groups (broad SMARTS) is 1. The van der Waals surface area contributed by atoms with Crippen molar-refractivity contribution in [2.45, 2.75) is 6.42 Å². The zero-order valence-electron chi connectivity index (χ0n) is 4.63. The van der Waals surface area contributed by atoms with Crippen LogP contribution in [-0.2, 0) is 9.53 Å². The SMILES string of the molecule is O=C(O)CC1=NNCO1. The molecule has 9 heavy (non-hydrogen) atoms. The Hall–Kier alpha value is -1.26. The molecule has 1 aliphatic rings. The Morgan fingerprint density at radius 1 is 2.00 bits per heavy atom. The fraction of sp³-hybridized carbons (Fsp3) is 0.500. The molecule has 1 rings (SSSR count). The second-order valence-corrected chi connectivity index (χ2v) is 1.52. The highest BCUT2D eigenvalue weighted by Crippen LogP contribution is 1.93. The summed E-state index contributed by atoms with van der Waals surface area (Å²) < 4.78 is 4.72. The third-order valence-corrected chi connectivity index (χ3v) is 0.810. The normalized spacial score (nSPS) is 15.8. The van der Waals surface area contributed by atoms with Crippen LogP contribution in [0.4, 0.5) is 0 Å². The first-order valence-electron chi connectivity index (χ1n) is 2.43. The monoisotopic (exact) mass is 130 g/mol. The van der Waals surface area contributed by atoms with Crippen molar-refractivity contribution >= 4 is 11.9 Å². The predicted molar refractivity (Wildman–Crippen MR) is 28.8 cm³/mol. The Kier molecular flexibility index (Phi) is 1.53. The Balaban J connectivity index is 2.35. The van der Waals surface area contributed by atoms with Crippen molar-refractivity contribution < 1.29 is 14.6 Å². The summed E-state index contributed by atoms with van der Waals surface area (Å²) in [4.78, 5) is 9.97. The van der Waals surface area contributed by atoms with Gasteiger partial charge in [0.1, 0.15) is 6.42 Å². The lowest BCUT2D eigenvalue weighted by atomic mass is 10.4. The third-order valence-electron chi connectivity index (χ3n) is 0.810. The number of hydrogen-bond donors (Lipinski definition) is 2. The van der Waals surface area contributed by atoms with E-state index in [4.69, 9.17) is 9.84 Å². The van der Waals surface area contributed by atoms with Crippen molar-refractivity contribution in [2.75, 3.05) is 6.73 Å². The molecule has 0 spiro atoms. The van der Waals surface area contributed by atoms with Crippen LogP contribution in [0.5, 0.6) is 0 Å². The van der Waals surface area contributed by atoms with Crippen LogP contribution in [0.1, 0.15) is 6.42 Å². The van der Waals surface area contributed by atoms with Crippen molar-refractivity contribution in [3.63, 3.8) is 0 Å². The van der Waals surface area contributed by atoms with E-state index in [1.807, 2.05) is 0 Å². The Labute approximate surface area is 51.3 Å². The number of carboxylic acids is 1. The molecule has 0 saturated carbocycles. The van der Waals surface area contributed by atoms with Gasteiger partial charge in [-0.15, -0.1) is 5.10 Å². The number of nitrogens with zero attached hydrogens (tertiary/aromatic N) is 1. The lowest BCUT2D eigenvalue weighted by molar-refractivity contribution is -0.135. The topological polar surface area (TPSA) is 70.9 Å². The summed E-state index contributed by atoms with van der Waals surface area (Å²) in [5.41, 5.74) is 2.48. The lowest BCUT2D eigenvalue weighted by Crippen LogP contribution is -2.06. The molecule has 5 heteroatoms. The van der Waals surface area contributed by atoms with Crippen LogP contribution < -0.4 is 5.43 Å². The zero-order chi connectivity index (χ0) is 6.69. The number of hydrazone groups is 1. The summed E-state index contributed by atoms with van der Waals surface area (Å²) in [6.45, 7) is 0.280. The minimum Gasteiger partial charge on any atom is -0.481 e. The van der Waals surface area contributed by atoms with Crippen LogP contribution in [0.25, 0.3) is 0 Å². The van der Waals surface area contributed by atoms with Crippen LogP contribution in [0.3, 0.4) is 0 Å². The highest BCUT2D eigenvalue weighted by atomic mass is 16.5. The molecule has 0 bridgehead atoms. The van der Waals surface area contributed by atoms with Gasteiger partial charge in [0.05, 0.1) is 0 Å². The van der Waals surface area contributed by atoms with E-state index in [0.717, 1.165) is 0 Å². The summed E-state index contributed by atoms with van der Waals surface area (Å²) in [6.07, 6.45) is -0.146. The summed E-state index contributed by atoms with van der Waals surface area (Å²) in [6, 6.07) is 0. The molecule has 0 unspecified atom stereocenters. The number of carbonyl (C=O) groups is 1. The van der Waals surface area contributed by atoms with Crippen molar-refractivity contribution in [3.8, 4) is 0 Å². The first-order chi connectivity index (χ1) is 4.29. The number of nitrogens with one attached hydrogen (secondary N) is 1. The smallest absolute Gasteiger partial charge is 0.312 e. The Bertz CT molecular complexity index is 154. The maximum atomic E-state index is 9.97. The summed E-state index contributed by atoms with van der Waals surface area (Å²) in [5, 5.41) is 11.7. The van der Waals surface area contributed by atoms with Crippen molar-refractivity contribution in [2.24, 2.45) is 5.10 Å². The van der Waals surface area contributed by atoms with Crippen molar-refractivity contribution in [1.29, 1.82) is 0 Å². The van der Waals surface area contributed by atoms with Crippen molar-refractivity contribution in [3.05, 3.63) is 0 Å². The van der Waals surface area contributed by atoms with Gasteiger partial charge in [0, 0.05) is 0 Å². The van der Waals surface area contributed by atoms with Crippen molar-refractivity contribution in [1.82, 2.24) is 5.43 Å². The van der Waals surface area contributed by atoms with Gasteiger partial charge < -0.3 is 9.84 Å². The van der Waals surface area contributed by atoms with E-state index in [1.54, 1.807) is 0 Å². The predicted octanol–water partition coefficient (Wildman–Crippen LogP) is -0.648. The molecule has 0 saturated heterocycles. The molecule has 2 N–H and O–H groups in total. The fourth-order valence-electron chi connectivity index (χ4n) is 0.488. The number of aliphatic carboxylic acids is 1. The van der Waals surface area contributed by atoms with Gasteiger partial charge >= 0.3 is 5.97 Å². The molecule has 0 atom stereocenters. The number of hydrogen-bond acceptors (Lipinski definition) is 4. The molecule has 0 fully saturated rings. The van der Waals surface area contributed by atoms with E-state index in [2.05, 4.69) is 10.5 Å². The highest BCUT2D eigenvalue weighted by molar-refractivity contribution is 5.93. The van der Waals surface area contributed by atoms with Gasteiger partial charge in [-0.1, -0.05) is 0 Å². The molecule has 0 aromatic heterocycles. The molecular weight excluding hydrogens is 124 g/mol. The van der Waals surface area contributed by atoms with Crippen LogP contribution in [-0.4, -0.2) is 23.7 Å². The molecule has 0 amide bonds. The summed E-state index contributed by atoms with van der Waals surface area (Å²) >= 11 is 0. The van der Waals surface area contributed by atoms with Gasteiger partial charge in [-0.25, -0.2) is 0 Å². The maximum absolute atomic E-state index is 9.97. The van der Waals surface area contributed by atoms with E-state index in [9.17, 15) is 4.79 Å². The summed E-state index contributed by atoms with van der Waals surface area (Å²) in [5.74, 6) is -0.694. The Morgan fingerprint density at radius 2 is 2.78 bits per heavy atom. The van der Waals surface area contributed by atoms with Gasteiger partial charge in [-0.05, 0) is 0 Å². The molecule has 5 nitrogen and oxygen atoms in total. The minimum atomic E-state index is -0.933. The lowest BCUT2D eigenvalue weighted by Gasteiger charge is -1.92. The minimum absolute atomic E-state index is 0.146. The zero-order valence-corrected chi connectivity index (χ0v) is 4.63. The third kappa shape index (κ3) is 1.60. The Morgan fingerprint density at radius 3 is 3.22 bits per heavy atom. The summed E-state index contributed by atoms with van der Waals surface area (Å²) in [7, 11) is 0. The van der Waals surface area contributed by atoms with E-state index in [1.165, 1.54) is 0 Å². The van der Waals surface area contributed by atoms with Crippen LogP contribution in [0.15, 0.2) is 5.10 Å². The first-order valence-corrected chi connectivity index (χ1v) is 2.43. The molecule has 50 valence electrons. The molecule has 0 aliphatic carbocycles. The fourth-order valence-corrected chi connectivity index (χ4v) is 0.488. The van der Waals surface area contributed by atoms with Gasteiger partial charge in [-0.3, -0.25) is 10.2 Å². The molecule has 1 aliphatic heterocycles. The average molecular weight is 130 g/mol. The van der Waals surface area contributed by atoms with Crippen LogP contribution >= 0.6 is 0 Å². The maximum Gasteiger partial charge on any atom is 0.312 e. The molecule has 0 aromatic rings. The molecule has 1 heterocycles. The largest absolute Gasteiger partial charge is 0.481 e. The average Bonchev–Trinajstić information content (AvgIpc) is 2.15. The van der Waals surface area contributed by atoms with E-state index >= 15 is 0 Å². The van der Waals surface area contributed by atoms with Crippen LogP contribution in [0.2, 0.25) is 0 Å². The number of ether oxygens (including phenoxy) is 1. The second kappa shape index (κ2) is 2.34. The van der Waals surface area contributed by atoms with E-state index in [-0.39, 0.29) is 19.0 Å².